The third-order valence-electron chi connectivity index (χ3n) is 4.91. The molecule has 0 spiro atoms. The maximum Gasteiger partial charge on any atom is 0.220 e. The van der Waals surface area contributed by atoms with Gasteiger partial charge in [0.05, 0.1) is 0 Å². The van der Waals surface area contributed by atoms with Crippen LogP contribution in [0.25, 0.3) is 0 Å². The van der Waals surface area contributed by atoms with E-state index in [0.29, 0.717) is 24.4 Å². The van der Waals surface area contributed by atoms with Crippen molar-refractivity contribution in [3.05, 3.63) is 34.3 Å². The van der Waals surface area contributed by atoms with Crippen molar-refractivity contribution >= 4 is 21.8 Å². The molecular formula is C18H25BrN2O. The van der Waals surface area contributed by atoms with Gasteiger partial charge in [0.2, 0.25) is 5.91 Å². The second-order valence-electron chi connectivity index (χ2n) is 6.98. The smallest absolute Gasteiger partial charge is 0.220 e. The molecule has 0 saturated carbocycles. The summed E-state index contributed by atoms with van der Waals surface area (Å²) < 4.78 is 1.09. The second kappa shape index (κ2) is 7.14. The lowest BCUT2D eigenvalue weighted by Gasteiger charge is -2.29. The Balaban J connectivity index is 1.44. The van der Waals surface area contributed by atoms with Crippen molar-refractivity contribution in [2.24, 2.45) is 5.92 Å². The number of carbonyl (C=O) groups excluding carboxylic acids is 1. The normalized spacial score (nSPS) is 28.4. The van der Waals surface area contributed by atoms with E-state index in [1.54, 1.807) is 0 Å². The van der Waals surface area contributed by atoms with Crippen LogP contribution in [-0.2, 0) is 11.2 Å². The standard InChI is InChI=1S/C18H25BrN2O/c1-12(8-13-2-4-15(19)5-3-13)20-18(22)11-14-9-16-6-7-17(10-14)21-16/h2-5,12,14,16-17,21H,6-11H2,1H3,(H,20,22). The number of hydrogen-bond acceptors (Lipinski definition) is 2. The highest BCUT2D eigenvalue weighted by Gasteiger charge is 2.34. The van der Waals surface area contributed by atoms with E-state index in [2.05, 4.69) is 57.8 Å². The van der Waals surface area contributed by atoms with E-state index >= 15 is 0 Å². The Bertz CT molecular complexity index is 504. The molecule has 1 amide bonds. The van der Waals surface area contributed by atoms with Crippen molar-refractivity contribution in [3.8, 4) is 0 Å². The number of amides is 1. The summed E-state index contributed by atoms with van der Waals surface area (Å²) in [7, 11) is 0. The SMILES string of the molecule is CC(Cc1ccc(Br)cc1)NC(=O)CC1CC2CCC(C1)N2. The van der Waals surface area contributed by atoms with Crippen molar-refractivity contribution in [3.63, 3.8) is 0 Å². The van der Waals surface area contributed by atoms with E-state index in [9.17, 15) is 4.79 Å². The monoisotopic (exact) mass is 364 g/mol. The number of benzene rings is 1. The summed E-state index contributed by atoms with van der Waals surface area (Å²) in [4.78, 5) is 12.3. The highest BCUT2D eigenvalue weighted by molar-refractivity contribution is 9.10. The molecule has 2 aliphatic heterocycles. The predicted octanol–water partition coefficient (Wildman–Crippen LogP) is 3.42. The molecule has 3 rings (SSSR count). The zero-order valence-electron chi connectivity index (χ0n) is 13.1. The Morgan fingerprint density at radius 1 is 1.27 bits per heavy atom. The average Bonchev–Trinajstić information content (AvgIpc) is 2.80. The minimum Gasteiger partial charge on any atom is -0.353 e. The zero-order valence-corrected chi connectivity index (χ0v) is 14.7. The molecule has 120 valence electrons. The molecule has 22 heavy (non-hydrogen) atoms. The molecule has 2 bridgehead atoms. The van der Waals surface area contributed by atoms with Gasteiger partial charge < -0.3 is 10.6 Å². The molecule has 1 aromatic carbocycles. The predicted molar refractivity (Wildman–Crippen MR) is 92.7 cm³/mol. The number of halogens is 1. The van der Waals surface area contributed by atoms with E-state index in [1.165, 1.54) is 31.2 Å². The van der Waals surface area contributed by atoms with Crippen LogP contribution in [0.15, 0.2) is 28.7 Å². The largest absolute Gasteiger partial charge is 0.353 e. The van der Waals surface area contributed by atoms with Crippen molar-refractivity contribution in [1.82, 2.24) is 10.6 Å². The van der Waals surface area contributed by atoms with Gasteiger partial charge in [0.1, 0.15) is 0 Å². The van der Waals surface area contributed by atoms with Crippen LogP contribution in [0, 0.1) is 5.92 Å². The Morgan fingerprint density at radius 2 is 1.91 bits per heavy atom. The Morgan fingerprint density at radius 3 is 2.55 bits per heavy atom. The summed E-state index contributed by atoms with van der Waals surface area (Å²) in [6, 6.07) is 9.83. The summed E-state index contributed by atoms with van der Waals surface area (Å²) in [6.07, 6.45) is 6.51. The average molecular weight is 365 g/mol. The third kappa shape index (κ3) is 4.32. The van der Waals surface area contributed by atoms with Gasteiger partial charge >= 0.3 is 0 Å². The number of fused-ring (bicyclic) bond motifs is 2. The van der Waals surface area contributed by atoms with Crippen LogP contribution in [0.1, 0.15) is 44.6 Å². The molecule has 0 aromatic heterocycles. The van der Waals surface area contributed by atoms with E-state index < -0.39 is 0 Å². The molecule has 2 heterocycles. The summed E-state index contributed by atoms with van der Waals surface area (Å²) >= 11 is 3.45. The van der Waals surface area contributed by atoms with E-state index in [4.69, 9.17) is 0 Å². The Labute approximate surface area is 141 Å². The third-order valence-corrected chi connectivity index (χ3v) is 5.44. The maximum atomic E-state index is 12.3. The molecule has 3 atom stereocenters. The molecule has 2 N–H and O–H groups in total. The summed E-state index contributed by atoms with van der Waals surface area (Å²) in [5.41, 5.74) is 1.26. The molecular weight excluding hydrogens is 340 g/mol. The van der Waals surface area contributed by atoms with Gasteiger partial charge in [0.25, 0.3) is 0 Å². The quantitative estimate of drug-likeness (QED) is 0.840. The van der Waals surface area contributed by atoms with Gasteiger partial charge in [0.15, 0.2) is 0 Å². The van der Waals surface area contributed by atoms with Gasteiger partial charge in [-0.25, -0.2) is 0 Å². The number of rotatable bonds is 5. The molecule has 2 saturated heterocycles. The zero-order chi connectivity index (χ0) is 15.5. The van der Waals surface area contributed by atoms with Crippen molar-refractivity contribution in [1.29, 1.82) is 0 Å². The molecule has 0 radical (unpaired) electrons. The molecule has 3 nitrogen and oxygen atoms in total. The fourth-order valence-corrected chi connectivity index (χ4v) is 4.23. The minimum absolute atomic E-state index is 0.187. The first kappa shape index (κ1) is 16.0. The van der Waals surface area contributed by atoms with Crippen molar-refractivity contribution < 1.29 is 4.79 Å². The molecule has 3 unspecified atom stereocenters. The van der Waals surface area contributed by atoms with Crippen LogP contribution in [0.5, 0.6) is 0 Å². The summed E-state index contributed by atoms with van der Waals surface area (Å²) in [5.74, 6) is 0.787. The molecule has 2 aliphatic rings. The first-order chi connectivity index (χ1) is 10.6. The van der Waals surface area contributed by atoms with Crippen LogP contribution >= 0.6 is 15.9 Å². The fraction of sp³-hybridized carbons (Fsp3) is 0.611. The highest BCUT2D eigenvalue weighted by atomic mass is 79.9. The Hall–Kier alpha value is -0.870. The lowest BCUT2D eigenvalue weighted by molar-refractivity contribution is -0.122. The van der Waals surface area contributed by atoms with Gasteiger partial charge in [-0.05, 0) is 62.6 Å². The first-order valence-corrected chi connectivity index (χ1v) is 9.17. The number of hydrogen-bond donors (Lipinski definition) is 2. The van der Waals surface area contributed by atoms with Gasteiger partial charge in [0, 0.05) is 29.0 Å². The number of carbonyl (C=O) groups is 1. The van der Waals surface area contributed by atoms with Crippen molar-refractivity contribution in [2.75, 3.05) is 0 Å². The highest BCUT2D eigenvalue weighted by Crippen LogP contribution is 2.32. The van der Waals surface area contributed by atoms with Crippen LogP contribution < -0.4 is 10.6 Å². The molecule has 4 heteroatoms. The van der Waals surface area contributed by atoms with Gasteiger partial charge in [-0.1, -0.05) is 28.1 Å². The molecule has 1 aromatic rings. The number of nitrogens with one attached hydrogen (secondary N) is 2. The van der Waals surface area contributed by atoms with Crippen LogP contribution in [0.3, 0.4) is 0 Å². The topological polar surface area (TPSA) is 41.1 Å². The molecule has 0 aliphatic carbocycles. The summed E-state index contributed by atoms with van der Waals surface area (Å²) in [6.45, 7) is 2.09. The lowest BCUT2D eigenvalue weighted by atomic mass is 9.89. The Kier molecular flexibility index (Phi) is 5.19. The van der Waals surface area contributed by atoms with Crippen molar-refractivity contribution in [2.45, 2.75) is 63.6 Å². The van der Waals surface area contributed by atoms with Crippen LogP contribution in [-0.4, -0.2) is 24.0 Å². The molecule has 2 fully saturated rings. The maximum absolute atomic E-state index is 12.3. The van der Waals surface area contributed by atoms with Gasteiger partial charge in [-0.2, -0.15) is 0 Å². The fourth-order valence-electron chi connectivity index (χ4n) is 3.96. The van der Waals surface area contributed by atoms with Gasteiger partial charge in [-0.3, -0.25) is 4.79 Å². The van der Waals surface area contributed by atoms with E-state index in [-0.39, 0.29) is 11.9 Å². The van der Waals surface area contributed by atoms with Gasteiger partial charge in [-0.15, -0.1) is 0 Å². The van der Waals surface area contributed by atoms with Crippen LogP contribution in [0.4, 0.5) is 0 Å². The number of piperidine rings is 1. The van der Waals surface area contributed by atoms with Crippen LogP contribution in [0.2, 0.25) is 0 Å². The van der Waals surface area contributed by atoms with E-state index in [1.807, 2.05) is 0 Å². The van der Waals surface area contributed by atoms with E-state index in [0.717, 1.165) is 10.9 Å². The second-order valence-corrected chi connectivity index (χ2v) is 7.89. The minimum atomic E-state index is 0.187. The summed E-state index contributed by atoms with van der Waals surface area (Å²) in [5, 5.41) is 6.81. The first-order valence-electron chi connectivity index (χ1n) is 8.38. The lowest BCUT2D eigenvalue weighted by Crippen LogP contribution is -2.41.